The highest BCUT2D eigenvalue weighted by atomic mass is 16.5. The lowest BCUT2D eigenvalue weighted by atomic mass is 10.1. The highest BCUT2D eigenvalue weighted by molar-refractivity contribution is 5.96. The van der Waals surface area contributed by atoms with Gasteiger partial charge in [0.05, 0.1) is 17.6 Å². The molecule has 2 aliphatic heterocycles. The molecular formula is C21H24N6O2. The summed E-state index contributed by atoms with van der Waals surface area (Å²) in [4.78, 5) is 14.0. The second kappa shape index (κ2) is 6.43. The van der Waals surface area contributed by atoms with E-state index in [0.717, 1.165) is 34.2 Å². The van der Waals surface area contributed by atoms with E-state index in [1.54, 1.807) is 6.33 Å². The molecule has 0 unspecified atom stereocenters. The summed E-state index contributed by atoms with van der Waals surface area (Å²) in [5.74, 6) is 3.10. The number of aromatic nitrogens is 5. The summed E-state index contributed by atoms with van der Waals surface area (Å²) in [6, 6.07) is 6.26. The van der Waals surface area contributed by atoms with Crippen LogP contribution in [0.3, 0.4) is 0 Å². The van der Waals surface area contributed by atoms with Crippen LogP contribution in [0.4, 0.5) is 0 Å². The van der Waals surface area contributed by atoms with Crippen LogP contribution < -0.4 is 4.74 Å². The fourth-order valence-corrected chi connectivity index (χ4v) is 3.67. The Kier molecular flexibility index (Phi) is 3.97. The van der Waals surface area contributed by atoms with Crippen LogP contribution in [0.15, 0.2) is 35.7 Å². The molecule has 0 N–H and O–H groups in total. The lowest BCUT2D eigenvalue weighted by Crippen LogP contribution is -2.17. The molecule has 4 heterocycles. The predicted molar refractivity (Wildman–Crippen MR) is 109 cm³/mol. The first-order valence-electron chi connectivity index (χ1n) is 9.88. The molecule has 0 aliphatic carbocycles. The number of hydrogen-bond donors (Lipinski definition) is 0. The third-order valence-corrected chi connectivity index (χ3v) is 5.09. The molecule has 29 heavy (non-hydrogen) atoms. The van der Waals surface area contributed by atoms with Crippen molar-refractivity contribution in [1.82, 2.24) is 24.3 Å². The van der Waals surface area contributed by atoms with Crippen LogP contribution in [-0.4, -0.2) is 49.0 Å². The standard InChI is InChI=1S/C21H24N6O2/c1-13(2)27-19(22-12-23-27)16-10-26-7-8-28-17-9-14(5-6-15(17)18(26)24-16)20-25-21(3,4)11-29-20/h5-6,9-10,12-13H,7-8,11H2,1-4H3. The number of aliphatic imine (C=N–C) groups is 1. The zero-order valence-corrected chi connectivity index (χ0v) is 17.1. The van der Waals surface area contributed by atoms with Gasteiger partial charge in [0, 0.05) is 17.8 Å². The minimum Gasteiger partial charge on any atom is -0.491 e. The lowest BCUT2D eigenvalue weighted by Gasteiger charge is -2.09. The largest absolute Gasteiger partial charge is 0.491 e. The van der Waals surface area contributed by atoms with Crippen LogP contribution in [-0.2, 0) is 11.3 Å². The SMILES string of the molecule is CC(C)n1ncnc1-c1cn2c(n1)-c1ccc(C3=NC(C)(C)CO3)cc1OCC2. The summed E-state index contributed by atoms with van der Waals surface area (Å²) in [5.41, 5.74) is 2.49. The summed E-state index contributed by atoms with van der Waals surface area (Å²) in [5, 5.41) is 4.33. The van der Waals surface area contributed by atoms with Gasteiger partial charge in [-0.2, -0.15) is 5.10 Å². The highest BCUT2D eigenvalue weighted by Gasteiger charge is 2.28. The first-order valence-corrected chi connectivity index (χ1v) is 9.88. The minimum atomic E-state index is -0.194. The molecule has 0 saturated carbocycles. The Hall–Kier alpha value is -3.16. The van der Waals surface area contributed by atoms with Crippen molar-refractivity contribution in [3.8, 4) is 28.7 Å². The maximum Gasteiger partial charge on any atom is 0.216 e. The number of imidazole rings is 1. The fraction of sp³-hybridized carbons (Fsp3) is 0.429. The van der Waals surface area contributed by atoms with Gasteiger partial charge in [-0.3, -0.25) is 0 Å². The number of ether oxygens (including phenoxy) is 2. The van der Waals surface area contributed by atoms with Gasteiger partial charge in [0.25, 0.3) is 0 Å². The maximum absolute atomic E-state index is 6.03. The summed E-state index contributed by atoms with van der Waals surface area (Å²) in [6.07, 6.45) is 3.60. The van der Waals surface area contributed by atoms with Crippen LogP contribution in [0.2, 0.25) is 0 Å². The zero-order valence-electron chi connectivity index (χ0n) is 17.1. The van der Waals surface area contributed by atoms with Crippen LogP contribution >= 0.6 is 0 Å². The van der Waals surface area contributed by atoms with Gasteiger partial charge in [0.1, 0.15) is 36.8 Å². The van der Waals surface area contributed by atoms with E-state index >= 15 is 0 Å². The third kappa shape index (κ3) is 3.08. The first kappa shape index (κ1) is 17.9. The van der Waals surface area contributed by atoms with Crippen molar-refractivity contribution in [3.05, 3.63) is 36.3 Å². The molecule has 1 aromatic carbocycles. The molecule has 2 aliphatic rings. The Labute approximate surface area is 169 Å². The van der Waals surface area contributed by atoms with E-state index in [4.69, 9.17) is 14.5 Å². The minimum absolute atomic E-state index is 0.194. The predicted octanol–water partition coefficient (Wildman–Crippen LogP) is 3.34. The van der Waals surface area contributed by atoms with Crippen molar-refractivity contribution in [1.29, 1.82) is 0 Å². The van der Waals surface area contributed by atoms with E-state index in [9.17, 15) is 0 Å². The zero-order chi connectivity index (χ0) is 20.2. The number of rotatable bonds is 3. The smallest absolute Gasteiger partial charge is 0.216 e. The van der Waals surface area contributed by atoms with E-state index < -0.39 is 0 Å². The molecule has 0 saturated heterocycles. The van der Waals surface area contributed by atoms with E-state index in [2.05, 4.69) is 47.3 Å². The van der Waals surface area contributed by atoms with Crippen molar-refractivity contribution >= 4 is 5.90 Å². The average Bonchev–Trinajstić information content (AvgIpc) is 3.37. The molecule has 8 heteroatoms. The van der Waals surface area contributed by atoms with Crippen molar-refractivity contribution in [2.75, 3.05) is 13.2 Å². The fourth-order valence-electron chi connectivity index (χ4n) is 3.67. The number of nitrogens with zero attached hydrogens (tertiary/aromatic N) is 6. The van der Waals surface area contributed by atoms with Gasteiger partial charge in [-0.25, -0.2) is 19.6 Å². The van der Waals surface area contributed by atoms with E-state index in [0.29, 0.717) is 25.7 Å². The van der Waals surface area contributed by atoms with Crippen LogP contribution in [0, 0.1) is 0 Å². The van der Waals surface area contributed by atoms with E-state index in [-0.39, 0.29) is 11.6 Å². The molecule has 0 atom stereocenters. The molecule has 150 valence electrons. The first-order chi connectivity index (χ1) is 13.9. The monoisotopic (exact) mass is 392 g/mol. The van der Waals surface area contributed by atoms with Gasteiger partial charge in [0.2, 0.25) is 5.90 Å². The van der Waals surface area contributed by atoms with Crippen molar-refractivity contribution < 1.29 is 9.47 Å². The van der Waals surface area contributed by atoms with Crippen LogP contribution in [0.1, 0.15) is 39.3 Å². The van der Waals surface area contributed by atoms with Crippen molar-refractivity contribution in [2.45, 2.75) is 45.8 Å². The Bertz CT molecular complexity index is 1110. The van der Waals surface area contributed by atoms with E-state index in [1.165, 1.54) is 0 Å². The summed E-state index contributed by atoms with van der Waals surface area (Å²) >= 11 is 0. The normalized spacial score (nSPS) is 17.2. The third-order valence-electron chi connectivity index (χ3n) is 5.09. The molecule has 8 nitrogen and oxygen atoms in total. The number of fused-ring (bicyclic) bond motifs is 3. The number of hydrogen-bond acceptors (Lipinski definition) is 6. The summed E-state index contributed by atoms with van der Waals surface area (Å²) in [7, 11) is 0. The van der Waals surface area contributed by atoms with Gasteiger partial charge in [-0.05, 0) is 45.9 Å². The molecule has 0 amide bonds. The highest BCUT2D eigenvalue weighted by Crippen LogP contribution is 2.35. The molecule has 0 spiro atoms. The second-order valence-corrected chi connectivity index (χ2v) is 8.34. The molecule has 0 bridgehead atoms. The Balaban J connectivity index is 1.56. The van der Waals surface area contributed by atoms with Gasteiger partial charge in [-0.1, -0.05) is 0 Å². The maximum atomic E-state index is 6.03. The summed E-state index contributed by atoms with van der Waals surface area (Å²) in [6.45, 7) is 10.2. The molecule has 2 aromatic heterocycles. The van der Waals surface area contributed by atoms with Gasteiger partial charge in [0.15, 0.2) is 5.82 Å². The quantitative estimate of drug-likeness (QED) is 0.683. The van der Waals surface area contributed by atoms with Crippen molar-refractivity contribution in [3.63, 3.8) is 0 Å². The van der Waals surface area contributed by atoms with E-state index in [1.807, 2.05) is 29.1 Å². The molecule has 5 rings (SSSR count). The summed E-state index contributed by atoms with van der Waals surface area (Å²) < 4.78 is 15.8. The Morgan fingerprint density at radius 3 is 2.76 bits per heavy atom. The number of benzene rings is 1. The Morgan fingerprint density at radius 1 is 1.14 bits per heavy atom. The molecule has 0 radical (unpaired) electrons. The molecule has 0 fully saturated rings. The van der Waals surface area contributed by atoms with Crippen LogP contribution in [0.25, 0.3) is 22.9 Å². The van der Waals surface area contributed by atoms with Crippen molar-refractivity contribution in [2.24, 2.45) is 4.99 Å². The lowest BCUT2D eigenvalue weighted by molar-refractivity contribution is 0.279. The molecular weight excluding hydrogens is 368 g/mol. The Morgan fingerprint density at radius 2 is 2.00 bits per heavy atom. The average molecular weight is 392 g/mol. The van der Waals surface area contributed by atoms with Gasteiger partial charge < -0.3 is 14.0 Å². The van der Waals surface area contributed by atoms with Crippen LogP contribution in [0.5, 0.6) is 5.75 Å². The molecule has 3 aromatic rings. The van der Waals surface area contributed by atoms with Gasteiger partial charge >= 0.3 is 0 Å². The second-order valence-electron chi connectivity index (χ2n) is 8.34. The topological polar surface area (TPSA) is 79.4 Å². The van der Waals surface area contributed by atoms with Gasteiger partial charge in [-0.15, -0.1) is 0 Å².